The minimum atomic E-state index is -0.0822. The van der Waals surface area contributed by atoms with Gasteiger partial charge in [0.05, 0.1) is 28.6 Å². The van der Waals surface area contributed by atoms with Crippen molar-refractivity contribution in [3.8, 4) is 21.8 Å². The number of hydrogen-bond donors (Lipinski definition) is 0. The minimum Gasteiger partial charge on any atom is -0.327 e. The van der Waals surface area contributed by atoms with Crippen LogP contribution in [0.25, 0.3) is 21.8 Å². The first-order valence-electron chi connectivity index (χ1n) is 10.1. The van der Waals surface area contributed by atoms with Crippen LogP contribution in [0, 0.1) is 0 Å². The lowest BCUT2D eigenvalue weighted by atomic mass is 10.1. The molecule has 1 aliphatic heterocycles. The second kappa shape index (κ2) is 7.81. The van der Waals surface area contributed by atoms with Crippen molar-refractivity contribution in [1.82, 2.24) is 19.4 Å². The quantitative estimate of drug-likeness (QED) is 0.425. The van der Waals surface area contributed by atoms with Gasteiger partial charge in [-0.1, -0.05) is 25.1 Å². The van der Waals surface area contributed by atoms with E-state index in [1.54, 1.807) is 22.7 Å². The summed E-state index contributed by atoms with van der Waals surface area (Å²) in [6.07, 6.45) is 2.83. The van der Waals surface area contributed by atoms with Crippen molar-refractivity contribution in [3.63, 3.8) is 0 Å². The Morgan fingerprint density at radius 3 is 2.70 bits per heavy atom. The Bertz CT molecular complexity index is 1170. The number of thiophene rings is 1. The first kappa shape index (κ1) is 19.2. The van der Waals surface area contributed by atoms with Gasteiger partial charge in [-0.15, -0.1) is 22.7 Å². The number of rotatable bonds is 4. The Hall–Kier alpha value is -2.77. The summed E-state index contributed by atoms with van der Waals surface area (Å²) in [5.74, 6) is 0.976. The lowest BCUT2D eigenvalue weighted by Crippen LogP contribution is -2.41. The highest BCUT2D eigenvalue weighted by molar-refractivity contribution is 7.13. The lowest BCUT2D eigenvalue weighted by Gasteiger charge is -2.34. The molecule has 0 spiro atoms. The summed E-state index contributed by atoms with van der Waals surface area (Å²) in [5, 5.41) is 5.29. The fourth-order valence-electron chi connectivity index (χ4n) is 3.96. The van der Waals surface area contributed by atoms with E-state index in [1.165, 1.54) is 4.88 Å². The standard InChI is InChI=1S/C23H22N4OS2/c1-3-21-25-18(14-30-21)19-13-24-22-15(2)26(10-11-27(19)22)23(28)17-8-6-16(7-9-17)20-5-4-12-29-20/h4-9,12-15H,3,10-11H2,1-2H3/t15-/m1/s1. The van der Waals surface area contributed by atoms with Crippen LogP contribution in [0.1, 0.15) is 41.1 Å². The molecule has 0 fully saturated rings. The molecule has 1 atom stereocenters. The zero-order valence-corrected chi connectivity index (χ0v) is 18.5. The molecule has 152 valence electrons. The number of aromatic nitrogens is 3. The molecular formula is C23H22N4OS2. The lowest BCUT2D eigenvalue weighted by molar-refractivity contribution is 0.0638. The summed E-state index contributed by atoms with van der Waals surface area (Å²) in [7, 11) is 0. The zero-order chi connectivity index (χ0) is 20.7. The summed E-state index contributed by atoms with van der Waals surface area (Å²) in [6.45, 7) is 5.56. The number of imidazole rings is 1. The Balaban J connectivity index is 1.38. The summed E-state index contributed by atoms with van der Waals surface area (Å²) in [5.41, 5.74) is 3.88. The molecule has 0 radical (unpaired) electrons. The van der Waals surface area contributed by atoms with Crippen LogP contribution in [0.5, 0.6) is 0 Å². The molecule has 0 unspecified atom stereocenters. The SMILES string of the molecule is CCc1nc(-c2cnc3n2CCN(C(=O)c2ccc(-c4cccs4)cc2)[C@@H]3C)cs1. The van der Waals surface area contributed by atoms with Gasteiger partial charge < -0.3 is 9.47 Å². The normalized spacial score (nSPS) is 15.9. The van der Waals surface area contributed by atoms with E-state index in [0.29, 0.717) is 6.54 Å². The van der Waals surface area contributed by atoms with E-state index in [2.05, 4.69) is 40.2 Å². The van der Waals surface area contributed by atoms with Crippen molar-refractivity contribution >= 4 is 28.6 Å². The van der Waals surface area contributed by atoms with Gasteiger partial charge >= 0.3 is 0 Å². The molecule has 1 aliphatic rings. The topological polar surface area (TPSA) is 51.0 Å². The molecule has 0 aliphatic carbocycles. The molecule has 5 nitrogen and oxygen atoms in total. The van der Waals surface area contributed by atoms with E-state index in [0.717, 1.165) is 46.3 Å². The Morgan fingerprint density at radius 1 is 1.17 bits per heavy atom. The maximum absolute atomic E-state index is 13.2. The largest absolute Gasteiger partial charge is 0.327 e. The van der Waals surface area contributed by atoms with Gasteiger partial charge in [0, 0.05) is 28.9 Å². The molecule has 30 heavy (non-hydrogen) atoms. The molecule has 0 N–H and O–H groups in total. The van der Waals surface area contributed by atoms with Crippen molar-refractivity contribution in [3.05, 3.63) is 69.8 Å². The van der Waals surface area contributed by atoms with Gasteiger partial charge in [-0.25, -0.2) is 9.97 Å². The van der Waals surface area contributed by atoms with Crippen LogP contribution in [0.4, 0.5) is 0 Å². The number of benzene rings is 1. The average molecular weight is 435 g/mol. The number of carbonyl (C=O) groups excluding carboxylic acids is 1. The first-order chi connectivity index (χ1) is 14.7. The highest BCUT2D eigenvalue weighted by Crippen LogP contribution is 2.32. The van der Waals surface area contributed by atoms with Gasteiger partial charge in [-0.05, 0) is 42.5 Å². The van der Waals surface area contributed by atoms with Crippen molar-refractivity contribution in [2.75, 3.05) is 6.54 Å². The van der Waals surface area contributed by atoms with Crippen LogP contribution >= 0.6 is 22.7 Å². The van der Waals surface area contributed by atoms with E-state index in [9.17, 15) is 4.79 Å². The van der Waals surface area contributed by atoms with Gasteiger partial charge in [-0.2, -0.15) is 0 Å². The molecule has 1 amide bonds. The minimum absolute atomic E-state index is 0.0537. The number of carbonyl (C=O) groups is 1. The highest BCUT2D eigenvalue weighted by atomic mass is 32.1. The summed E-state index contributed by atoms with van der Waals surface area (Å²) >= 11 is 3.39. The molecular weight excluding hydrogens is 412 g/mol. The third kappa shape index (κ3) is 3.28. The molecule has 7 heteroatoms. The summed E-state index contributed by atoms with van der Waals surface area (Å²) in [4.78, 5) is 25.7. The van der Waals surface area contributed by atoms with Crippen molar-refractivity contribution in [2.45, 2.75) is 32.9 Å². The summed E-state index contributed by atoms with van der Waals surface area (Å²) in [6, 6.07) is 12.0. The van der Waals surface area contributed by atoms with Gasteiger partial charge in [-0.3, -0.25) is 4.79 Å². The van der Waals surface area contributed by atoms with Crippen LogP contribution < -0.4 is 0 Å². The second-order valence-corrected chi connectivity index (χ2v) is 9.25. The van der Waals surface area contributed by atoms with Crippen molar-refractivity contribution < 1.29 is 4.79 Å². The zero-order valence-electron chi connectivity index (χ0n) is 16.9. The van der Waals surface area contributed by atoms with E-state index < -0.39 is 0 Å². The van der Waals surface area contributed by atoms with E-state index >= 15 is 0 Å². The molecule has 0 bridgehead atoms. The Labute approximate surface area is 183 Å². The number of fused-ring (bicyclic) bond motifs is 1. The van der Waals surface area contributed by atoms with Crippen LogP contribution in [0.2, 0.25) is 0 Å². The van der Waals surface area contributed by atoms with E-state index in [1.807, 2.05) is 41.4 Å². The molecule has 0 saturated carbocycles. The molecule has 5 rings (SSSR count). The Kier molecular flexibility index (Phi) is 5.00. The van der Waals surface area contributed by atoms with E-state index in [-0.39, 0.29) is 11.9 Å². The maximum atomic E-state index is 13.2. The summed E-state index contributed by atoms with van der Waals surface area (Å²) < 4.78 is 2.21. The van der Waals surface area contributed by atoms with Gasteiger partial charge in [0.2, 0.25) is 0 Å². The molecule has 0 saturated heterocycles. The predicted molar refractivity (Wildman–Crippen MR) is 122 cm³/mol. The maximum Gasteiger partial charge on any atom is 0.254 e. The fraction of sp³-hybridized carbons (Fsp3) is 0.261. The van der Waals surface area contributed by atoms with Crippen LogP contribution in [0.15, 0.2) is 53.4 Å². The molecule has 3 aromatic heterocycles. The van der Waals surface area contributed by atoms with Crippen molar-refractivity contribution in [1.29, 1.82) is 0 Å². The van der Waals surface area contributed by atoms with Gasteiger partial charge in [0.1, 0.15) is 5.82 Å². The molecule has 1 aromatic carbocycles. The number of nitrogens with zero attached hydrogens (tertiary/aromatic N) is 4. The van der Waals surface area contributed by atoms with Crippen LogP contribution in [-0.2, 0) is 13.0 Å². The second-order valence-electron chi connectivity index (χ2n) is 7.36. The van der Waals surface area contributed by atoms with Crippen molar-refractivity contribution in [2.24, 2.45) is 0 Å². The van der Waals surface area contributed by atoms with Crippen LogP contribution in [-0.4, -0.2) is 31.9 Å². The number of hydrogen-bond acceptors (Lipinski definition) is 5. The number of aryl methyl sites for hydroxylation is 1. The van der Waals surface area contributed by atoms with Gasteiger partial charge in [0.15, 0.2) is 0 Å². The highest BCUT2D eigenvalue weighted by Gasteiger charge is 2.31. The predicted octanol–water partition coefficient (Wildman–Crippen LogP) is 5.51. The van der Waals surface area contributed by atoms with Gasteiger partial charge in [0.25, 0.3) is 5.91 Å². The third-order valence-corrected chi connectivity index (χ3v) is 7.52. The average Bonchev–Trinajstić information content (AvgIpc) is 3.54. The number of amides is 1. The van der Waals surface area contributed by atoms with E-state index in [4.69, 9.17) is 4.98 Å². The molecule has 4 heterocycles. The Morgan fingerprint density at radius 2 is 2.00 bits per heavy atom. The third-order valence-electron chi connectivity index (χ3n) is 5.61. The number of thiazole rings is 1. The fourth-order valence-corrected chi connectivity index (χ4v) is 5.43. The van der Waals surface area contributed by atoms with Crippen LogP contribution in [0.3, 0.4) is 0 Å². The smallest absolute Gasteiger partial charge is 0.254 e. The first-order valence-corrected chi connectivity index (χ1v) is 11.9. The monoisotopic (exact) mass is 434 g/mol. The molecule has 4 aromatic rings.